The SMILES string of the molecule is CO[C@H]1C[C@@H](N=[N+]=[N-])[C@@H](OC(=O)c2ccccc2)[C@@H](C)O1. The summed E-state index contributed by atoms with van der Waals surface area (Å²) in [6, 6.07) is 8.13. The van der Waals surface area contributed by atoms with Crippen LogP contribution in [0.3, 0.4) is 0 Å². The van der Waals surface area contributed by atoms with Gasteiger partial charge in [0.1, 0.15) is 6.10 Å². The minimum absolute atomic E-state index is 0.345. The van der Waals surface area contributed by atoms with Crippen LogP contribution in [0.15, 0.2) is 35.4 Å². The molecule has 0 amide bonds. The highest BCUT2D eigenvalue weighted by Crippen LogP contribution is 2.26. The number of carbonyl (C=O) groups excluding carboxylic acids is 1. The smallest absolute Gasteiger partial charge is 0.338 e. The van der Waals surface area contributed by atoms with Crippen molar-refractivity contribution in [1.82, 2.24) is 0 Å². The first-order valence-electron chi connectivity index (χ1n) is 6.64. The van der Waals surface area contributed by atoms with Crippen molar-refractivity contribution < 1.29 is 19.0 Å². The van der Waals surface area contributed by atoms with Gasteiger partial charge in [0.2, 0.25) is 0 Å². The molecule has 0 spiro atoms. The Morgan fingerprint density at radius 3 is 2.76 bits per heavy atom. The molecule has 7 nitrogen and oxygen atoms in total. The minimum atomic E-state index is -0.639. The van der Waals surface area contributed by atoms with Crippen LogP contribution >= 0.6 is 0 Å². The number of nitrogens with zero attached hydrogens (tertiary/aromatic N) is 3. The van der Waals surface area contributed by atoms with Crippen LogP contribution in [0.4, 0.5) is 0 Å². The largest absolute Gasteiger partial charge is 0.456 e. The van der Waals surface area contributed by atoms with E-state index in [1.165, 1.54) is 7.11 Å². The van der Waals surface area contributed by atoms with Gasteiger partial charge in [0.15, 0.2) is 6.29 Å². The highest BCUT2D eigenvalue weighted by Gasteiger charge is 2.39. The second-order valence-corrected chi connectivity index (χ2v) is 4.75. The van der Waals surface area contributed by atoms with Crippen molar-refractivity contribution in [3.05, 3.63) is 46.3 Å². The third-order valence-corrected chi connectivity index (χ3v) is 3.36. The number of azide groups is 1. The number of methoxy groups -OCH3 is 1. The van der Waals surface area contributed by atoms with E-state index in [9.17, 15) is 4.79 Å². The maximum atomic E-state index is 12.1. The number of esters is 1. The molecule has 0 bridgehead atoms. The lowest BCUT2D eigenvalue weighted by Gasteiger charge is -2.37. The van der Waals surface area contributed by atoms with Gasteiger partial charge in [-0.05, 0) is 24.6 Å². The molecule has 2 rings (SSSR count). The van der Waals surface area contributed by atoms with Gasteiger partial charge in [-0.1, -0.05) is 23.3 Å². The van der Waals surface area contributed by atoms with Gasteiger partial charge in [-0.2, -0.15) is 0 Å². The van der Waals surface area contributed by atoms with Crippen LogP contribution in [0.5, 0.6) is 0 Å². The molecule has 0 N–H and O–H groups in total. The lowest BCUT2D eigenvalue weighted by Crippen LogP contribution is -2.48. The molecule has 1 aliphatic heterocycles. The van der Waals surface area contributed by atoms with Gasteiger partial charge < -0.3 is 14.2 Å². The zero-order chi connectivity index (χ0) is 15.2. The van der Waals surface area contributed by atoms with Gasteiger partial charge in [-0.3, -0.25) is 0 Å². The number of benzene rings is 1. The molecule has 1 heterocycles. The molecule has 1 aromatic rings. The molecule has 0 saturated carbocycles. The number of hydrogen-bond acceptors (Lipinski definition) is 5. The fraction of sp³-hybridized carbons (Fsp3) is 0.500. The number of rotatable bonds is 4. The minimum Gasteiger partial charge on any atom is -0.456 e. The topological polar surface area (TPSA) is 93.5 Å². The van der Waals surface area contributed by atoms with Crippen molar-refractivity contribution in [2.24, 2.45) is 5.11 Å². The normalized spacial score (nSPS) is 28.5. The Balaban J connectivity index is 2.12. The zero-order valence-corrected chi connectivity index (χ0v) is 11.9. The van der Waals surface area contributed by atoms with E-state index in [1.54, 1.807) is 31.2 Å². The van der Waals surface area contributed by atoms with E-state index in [2.05, 4.69) is 10.0 Å². The summed E-state index contributed by atoms with van der Waals surface area (Å²) in [6.45, 7) is 1.76. The van der Waals surface area contributed by atoms with Gasteiger partial charge in [-0.15, -0.1) is 0 Å². The van der Waals surface area contributed by atoms with Crippen LogP contribution in [0.2, 0.25) is 0 Å². The molecular formula is C14H17N3O4. The van der Waals surface area contributed by atoms with Crippen LogP contribution in [0.25, 0.3) is 10.4 Å². The predicted octanol–water partition coefficient (Wildman–Crippen LogP) is 2.67. The Morgan fingerprint density at radius 1 is 1.43 bits per heavy atom. The van der Waals surface area contributed by atoms with Crippen molar-refractivity contribution >= 4 is 5.97 Å². The molecule has 0 aromatic heterocycles. The van der Waals surface area contributed by atoms with Crippen LogP contribution in [0, 0.1) is 0 Å². The lowest BCUT2D eigenvalue weighted by molar-refractivity contribution is -0.211. The van der Waals surface area contributed by atoms with Crippen LogP contribution in [-0.2, 0) is 14.2 Å². The Labute approximate surface area is 122 Å². The predicted molar refractivity (Wildman–Crippen MR) is 74.5 cm³/mol. The number of hydrogen-bond donors (Lipinski definition) is 0. The average Bonchev–Trinajstić information content (AvgIpc) is 2.51. The average molecular weight is 291 g/mol. The fourth-order valence-corrected chi connectivity index (χ4v) is 2.29. The lowest BCUT2D eigenvalue weighted by atomic mass is 10.00. The quantitative estimate of drug-likeness (QED) is 0.369. The molecule has 1 aliphatic rings. The molecule has 1 aromatic carbocycles. The molecule has 112 valence electrons. The first-order valence-corrected chi connectivity index (χ1v) is 6.64. The highest BCUT2D eigenvalue weighted by atomic mass is 16.7. The third-order valence-electron chi connectivity index (χ3n) is 3.36. The summed E-state index contributed by atoms with van der Waals surface area (Å²) in [5.74, 6) is -0.468. The van der Waals surface area contributed by atoms with Gasteiger partial charge in [0.05, 0.1) is 17.7 Å². The second-order valence-electron chi connectivity index (χ2n) is 4.75. The molecule has 1 saturated heterocycles. The Kier molecular flexibility index (Phi) is 5.16. The number of carbonyl (C=O) groups is 1. The van der Waals surface area contributed by atoms with Crippen molar-refractivity contribution in [2.75, 3.05) is 7.11 Å². The molecule has 7 heteroatoms. The Hall–Kier alpha value is -2.08. The Bertz CT molecular complexity index is 530. The molecule has 0 radical (unpaired) electrons. The van der Waals surface area contributed by atoms with E-state index in [0.29, 0.717) is 12.0 Å². The van der Waals surface area contributed by atoms with E-state index in [0.717, 1.165) is 0 Å². The molecule has 0 unspecified atom stereocenters. The summed E-state index contributed by atoms with van der Waals surface area (Å²) in [5, 5.41) is 3.70. The summed E-state index contributed by atoms with van der Waals surface area (Å²) in [7, 11) is 1.51. The third kappa shape index (κ3) is 3.72. The summed E-state index contributed by atoms with van der Waals surface area (Å²) in [5.41, 5.74) is 9.11. The van der Waals surface area contributed by atoms with Crippen molar-refractivity contribution in [2.45, 2.75) is 37.9 Å². The van der Waals surface area contributed by atoms with Crippen LogP contribution in [0.1, 0.15) is 23.7 Å². The summed E-state index contributed by atoms with van der Waals surface area (Å²) in [4.78, 5) is 14.9. The van der Waals surface area contributed by atoms with E-state index >= 15 is 0 Å². The molecular weight excluding hydrogens is 274 g/mol. The van der Waals surface area contributed by atoms with Crippen molar-refractivity contribution in [3.8, 4) is 0 Å². The van der Waals surface area contributed by atoms with Gasteiger partial charge in [0, 0.05) is 18.4 Å². The van der Waals surface area contributed by atoms with E-state index in [4.69, 9.17) is 19.7 Å². The summed E-state index contributed by atoms with van der Waals surface area (Å²) >= 11 is 0. The molecule has 21 heavy (non-hydrogen) atoms. The summed E-state index contributed by atoms with van der Waals surface area (Å²) in [6.07, 6.45) is -1.19. The van der Waals surface area contributed by atoms with Gasteiger partial charge in [0.25, 0.3) is 0 Å². The van der Waals surface area contributed by atoms with Gasteiger partial charge in [-0.25, -0.2) is 4.79 Å². The van der Waals surface area contributed by atoms with Crippen molar-refractivity contribution in [3.63, 3.8) is 0 Å². The maximum absolute atomic E-state index is 12.1. The summed E-state index contributed by atoms with van der Waals surface area (Å²) < 4.78 is 16.2. The maximum Gasteiger partial charge on any atom is 0.338 e. The molecule has 4 atom stereocenters. The second kappa shape index (κ2) is 7.08. The van der Waals surface area contributed by atoms with Crippen LogP contribution in [-0.4, -0.2) is 37.6 Å². The fourth-order valence-electron chi connectivity index (χ4n) is 2.29. The first-order chi connectivity index (χ1) is 10.2. The van der Waals surface area contributed by atoms with E-state index in [-0.39, 0.29) is 0 Å². The first kappa shape index (κ1) is 15.3. The zero-order valence-electron chi connectivity index (χ0n) is 11.9. The number of ether oxygens (including phenoxy) is 3. The van der Waals surface area contributed by atoms with Crippen LogP contribution < -0.4 is 0 Å². The van der Waals surface area contributed by atoms with Gasteiger partial charge >= 0.3 is 5.97 Å². The van der Waals surface area contributed by atoms with E-state index in [1.807, 2.05) is 6.07 Å². The van der Waals surface area contributed by atoms with E-state index < -0.39 is 30.5 Å². The standard InChI is InChI=1S/C14H17N3O4/c1-9-13(11(16-17-15)8-12(19-2)20-9)21-14(18)10-6-4-3-5-7-10/h3-7,9,11-13H,8H2,1-2H3/t9-,11-,12-,13+/m1/s1. The highest BCUT2D eigenvalue weighted by molar-refractivity contribution is 5.89. The van der Waals surface area contributed by atoms with Crippen molar-refractivity contribution in [1.29, 1.82) is 0 Å². The molecule has 1 fully saturated rings. The monoisotopic (exact) mass is 291 g/mol. The molecule has 0 aliphatic carbocycles. The Morgan fingerprint density at radius 2 is 2.14 bits per heavy atom.